The van der Waals surface area contributed by atoms with E-state index in [9.17, 15) is 0 Å². The third-order valence-electron chi connectivity index (χ3n) is 6.20. The quantitative estimate of drug-likeness (QED) is 0.304. The van der Waals surface area contributed by atoms with Crippen LogP contribution in [0, 0.1) is 0 Å². The molecule has 0 amide bonds. The van der Waals surface area contributed by atoms with Crippen molar-refractivity contribution in [3.8, 4) is 23.0 Å². The normalized spacial score (nSPS) is 11.4. The minimum atomic E-state index is 0.195. The summed E-state index contributed by atoms with van der Waals surface area (Å²) in [4.78, 5) is 18.0. The van der Waals surface area contributed by atoms with Crippen LogP contribution in [0.4, 0.5) is 23.0 Å². The van der Waals surface area contributed by atoms with Crippen LogP contribution >= 0.6 is 0 Å². The van der Waals surface area contributed by atoms with E-state index < -0.39 is 0 Å². The zero-order valence-corrected chi connectivity index (χ0v) is 22.6. The summed E-state index contributed by atoms with van der Waals surface area (Å²) < 4.78 is 13.2. The first-order valence-electron chi connectivity index (χ1n) is 12.2. The number of nitrogen functional groups attached to an aromatic ring is 1. The molecule has 4 aromatic rings. The SMILES string of the molecule is COc1cc(N(C)CCN(C)C)c(N)cc1Nc1nccc(-c2ccc3nc(OC)n(C(C)C)c3c2)n1. The maximum Gasteiger partial charge on any atom is 0.297 e. The number of methoxy groups -OCH3 is 2. The summed E-state index contributed by atoms with van der Waals surface area (Å²) in [6.45, 7) is 5.96. The van der Waals surface area contributed by atoms with Crippen LogP contribution in [0.15, 0.2) is 42.6 Å². The fourth-order valence-electron chi connectivity index (χ4n) is 4.23. The molecule has 0 unspecified atom stereocenters. The Morgan fingerprint density at radius 1 is 1.00 bits per heavy atom. The first-order valence-corrected chi connectivity index (χ1v) is 12.2. The van der Waals surface area contributed by atoms with E-state index >= 15 is 0 Å². The van der Waals surface area contributed by atoms with Crippen LogP contribution in [0.3, 0.4) is 0 Å². The summed E-state index contributed by atoms with van der Waals surface area (Å²) in [6.07, 6.45) is 1.73. The van der Waals surface area contributed by atoms with Crippen molar-refractivity contribution >= 4 is 34.0 Å². The van der Waals surface area contributed by atoms with E-state index in [1.54, 1.807) is 20.4 Å². The van der Waals surface area contributed by atoms with E-state index in [4.69, 9.17) is 20.2 Å². The number of likely N-dealkylation sites (N-methyl/N-ethyl adjacent to an activating group) is 2. The van der Waals surface area contributed by atoms with Crippen molar-refractivity contribution in [2.45, 2.75) is 19.9 Å². The zero-order chi connectivity index (χ0) is 26.7. The molecule has 4 rings (SSSR count). The van der Waals surface area contributed by atoms with Crippen molar-refractivity contribution in [2.75, 3.05) is 64.4 Å². The maximum absolute atomic E-state index is 6.42. The van der Waals surface area contributed by atoms with Crippen LogP contribution in [-0.2, 0) is 0 Å². The Labute approximate surface area is 218 Å². The van der Waals surface area contributed by atoms with Crippen molar-refractivity contribution in [2.24, 2.45) is 0 Å². The lowest BCUT2D eigenvalue weighted by molar-refractivity contribution is 0.350. The molecule has 0 fully saturated rings. The van der Waals surface area contributed by atoms with Gasteiger partial charge < -0.3 is 30.3 Å². The molecule has 0 spiro atoms. The Bertz CT molecular complexity index is 1380. The Hall–Kier alpha value is -4.05. The van der Waals surface area contributed by atoms with Crippen molar-refractivity contribution in [3.05, 3.63) is 42.6 Å². The monoisotopic (exact) mass is 504 g/mol. The van der Waals surface area contributed by atoms with E-state index in [1.807, 2.05) is 51.5 Å². The maximum atomic E-state index is 6.42. The molecule has 10 nitrogen and oxygen atoms in total. The average molecular weight is 505 g/mol. The van der Waals surface area contributed by atoms with E-state index in [0.717, 1.165) is 41.1 Å². The molecule has 0 aliphatic heterocycles. The molecule has 10 heteroatoms. The zero-order valence-electron chi connectivity index (χ0n) is 22.6. The molecule has 0 saturated carbocycles. The van der Waals surface area contributed by atoms with Gasteiger partial charge in [0.2, 0.25) is 5.95 Å². The Morgan fingerprint density at radius 2 is 1.78 bits per heavy atom. The van der Waals surface area contributed by atoms with Gasteiger partial charge in [0.25, 0.3) is 6.01 Å². The summed E-state index contributed by atoms with van der Waals surface area (Å²) in [5.41, 5.74) is 12.3. The summed E-state index contributed by atoms with van der Waals surface area (Å²) >= 11 is 0. The van der Waals surface area contributed by atoms with Crippen molar-refractivity contribution in [1.29, 1.82) is 0 Å². The van der Waals surface area contributed by atoms with Gasteiger partial charge in [-0.3, -0.25) is 4.57 Å². The first kappa shape index (κ1) is 26.0. The third kappa shape index (κ3) is 5.54. The Morgan fingerprint density at radius 3 is 2.46 bits per heavy atom. The van der Waals surface area contributed by atoms with Crippen LogP contribution in [0.5, 0.6) is 11.8 Å². The number of aromatic nitrogens is 4. The molecule has 0 radical (unpaired) electrons. The lowest BCUT2D eigenvalue weighted by atomic mass is 10.1. The van der Waals surface area contributed by atoms with Crippen LogP contribution in [0.2, 0.25) is 0 Å². The minimum Gasteiger partial charge on any atom is -0.494 e. The number of rotatable bonds is 10. The summed E-state index contributed by atoms with van der Waals surface area (Å²) in [6, 6.07) is 12.5. The number of benzene rings is 2. The van der Waals surface area contributed by atoms with Crippen LogP contribution in [0.25, 0.3) is 22.3 Å². The number of nitrogens with two attached hydrogens (primary N) is 1. The number of anilines is 4. The van der Waals surface area contributed by atoms with Gasteiger partial charge in [0, 0.05) is 44.0 Å². The first-order chi connectivity index (χ1) is 17.7. The van der Waals surface area contributed by atoms with Gasteiger partial charge >= 0.3 is 0 Å². The summed E-state index contributed by atoms with van der Waals surface area (Å²) in [7, 11) is 9.39. The largest absolute Gasteiger partial charge is 0.494 e. The van der Waals surface area contributed by atoms with Gasteiger partial charge in [-0.2, -0.15) is 4.98 Å². The van der Waals surface area contributed by atoms with Gasteiger partial charge in [-0.1, -0.05) is 6.07 Å². The fourth-order valence-corrected chi connectivity index (χ4v) is 4.23. The number of hydrogen-bond acceptors (Lipinski definition) is 9. The molecule has 0 saturated heterocycles. The highest BCUT2D eigenvalue weighted by molar-refractivity contribution is 5.83. The van der Waals surface area contributed by atoms with Gasteiger partial charge in [-0.15, -0.1) is 0 Å². The van der Waals surface area contributed by atoms with Crippen molar-refractivity contribution in [1.82, 2.24) is 24.4 Å². The predicted molar refractivity (Wildman–Crippen MR) is 150 cm³/mol. The smallest absolute Gasteiger partial charge is 0.297 e. The molecular weight excluding hydrogens is 468 g/mol. The summed E-state index contributed by atoms with van der Waals surface area (Å²) in [5.74, 6) is 1.10. The number of nitrogens with zero attached hydrogens (tertiary/aromatic N) is 6. The number of ether oxygens (including phenoxy) is 2. The molecule has 2 aromatic carbocycles. The van der Waals surface area contributed by atoms with Crippen molar-refractivity contribution in [3.63, 3.8) is 0 Å². The highest BCUT2D eigenvalue weighted by Gasteiger charge is 2.16. The van der Waals surface area contributed by atoms with Gasteiger partial charge in [-0.05, 0) is 52.2 Å². The van der Waals surface area contributed by atoms with Crippen LogP contribution < -0.4 is 25.4 Å². The molecule has 0 atom stereocenters. The van der Waals surface area contributed by atoms with Crippen LogP contribution in [0.1, 0.15) is 19.9 Å². The molecule has 37 heavy (non-hydrogen) atoms. The predicted octanol–water partition coefficient (Wildman–Crippen LogP) is 4.42. The molecule has 2 aromatic heterocycles. The second-order valence-corrected chi connectivity index (χ2v) is 9.49. The van der Waals surface area contributed by atoms with E-state index in [0.29, 0.717) is 29.1 Å². The fraction of sp³-hybridized carbons (Fsp3) is 0.370. The molecule has 3 N–H and O–H groups in total. The molecule has 196 valence electrons. The molecular formula is C27H36N8O2. The van der Waals surface area contributed by atoms with E-state index in [-0.39, 0.29) is 6.04 Å². The van der Waals surface area contributed by atoms with Gasteiger partial charge in [-0.25, -0.2) is 9.97 Å². The molecule has 2 heterocycles. The topological polar surface area (TPSA) is 107 Å². The second-order valence-electron chi connectivity index (χ2n) is 9.49. The highest BCUT2D eigenvalue weighted by Crippen LogP contribution is 2.36. The standard InChI is InChI=1S/C27H36N8O2/c1-17(2)35-24-14-18(8-9-21(24)32-27(35)37-7)20-10-11-29-26(30-20)31-22-15-19(28)23(16-25(22)36-6)34(5)13-12-33(3)4/h8-11,14-17H,12-13,28H2,1-7H3,(H,29,30,31). The third-order valence-corrected chi connectivity index (χ3v) is 6.20. The lowest BCUT2D eigenvalue weighted by Gasteiger charge is -2.24. The number of imidazole rings is 1. The van der Waals surface area contributed by atoms with E-state index in [2.05, 4.69) is 49.6 Å². The average Bonchev–Trinajstić information content (AvgIpc) is 3.26. The van der Waals surface area contributed by atoms with Crippen LogP contribution in [-0.4, -0.2) is 72.9 Å². The number of hydrogen-bond donors (Lipinski definition) is 2. The summed E-state index contributed by atoms with van der Waals surface area (Å²) in [5, 5.41) is 3.28. The Balaban J connectivity index is 1.64. The molecule has 0 aliphatic rings. The van der Waals surface area contributed by atoms with Crippen molar-refractivity contribution < 1.29 is 9.47 Å². The molecule has 0 aliphatic carbocycles. The second kappa shape index (κ2) is 10.9. The lowest BCUT2D eigenvalue weighted by Crippen LogP contribution is -2.29. The molecule has 0 bridgehead atoms. The van der Waals surface area contributed by atoms with E-state index in [1.165, 1.54) is 0 Å². The highest BCUT2D eigenvalue weighted by atomic mass is 16.5. The van der Waals surface area contributed by atoms with Gasteiger partial charge in [0.05, 0.1) is 48.0 Å². The number of fused-ring (bicyclic) bond motifs is 1. The van der Waals surface area contributed by atoms with Gasteiger partial charge in [0.15, 0.2) is 0 Å². The minimum absolute atomic E-state index is 0.195. The van der Waals surface area contributed by atoms with Gasteiger partial charge in [0.1, 0.15) is 5.75 Å². The number of nitrogens with one attached hydrogen (secondary N) is 1. The Kier molecular flexibility index (Phi) is 7.68.